The predicted octanol–water partition coefficient (Wildman–Crippen LogP) is 1.73. The fourth-order valence-corrected chi connectivity index (χ4v) is 2.00. The first-order valence-corrected chi connectivity index (χ1v) is 6.35. The molecule has 0 aromatic heterocycles. The Labute approximate surface area is 91.9 Å². The quantitative estimate of drug-likeness (QED) is 0.632. The second-order valence-electron chi connectivity index (χ2n) is 3.48. The van der Waals surface area contributed by atoms with Crippen molar-refractivity contribution >= 4 is 11.8 Å². The first-order valence-electron chi connectivity index (χ1n) is 4.96. The molecule has 3 nitrogen and oxygen atoms in total. The molecule has 0 aliphatic carbocycles. The van der Waals surface area contributed by atoms with E-state index in [-0.39, 0.29) is 12.3 Å². The molecule has 0 aliphatic rings. The highest BCUT2D eigenvalue weighted by Crippen LogP contribution is 2.04. The van der Waals surface area contributed by atoms with Crippen molar-refractivity contribution < 1.29 is 9.47 Å². The minimum Gasteiger partial charge on any atom is -0.354 e. The number of rotatable bonds is 8. The standard InChI is InChI=1S/C10H23NO2S/c1-8(6-7-14-5)11-9(2)10(12-3)13-4/h8-11H,6-7H2,1-5H3. The lowest BCUT2D eigenvalue weighted by molar-refractivity contribution is -0.120. The highest BCUT2D eigenvalue weighted by molar-refractivity contribution is 7.98. The predicted molar refractivity (Wildman–Crippen MR) is 62.9 cm³/mol. The van der Waals surface area contributed by atoms with Gasteiger partial charge in [-0.25, -0.2) is 0 Å². The van der Waals surface area contributed by atoms with Gasteiger partial charge in [0.25, 0.3) is 0 Å². The van der Waals surface area contributed by atoms with Gasteiger partial charge >= 0.3 is 0 Å². The van der Waals surface area contributed by atoms with Gasteiger partial charge in [0.1, 0.15) is 0 Å². The zero-order valence-corrected chi connectivity index (χ0v) is 10.7. The van der Waals surface area contributed by atoms with Crippen LogP contribution in [0.2, 0.25) is 0 Å². The Kier molecular flexibility index (Phi) is 8.67. The van der Waals surface area contributed by atoms with Gasteiger partial charge in [0.2, 0.25) is 0 Å². The molecule has 4 heteroatoms. The van der Waals surface area contributed by atoms with Crippen LogP contribution in [0.5, 0.6) is 0 Å². The third-order valence-corrected chi connectivity index (χ3v) is 2.82. The molecule has 0 aromatic carbocycles. The molecule has 0 aliphatic heterocycles. The molecule has 0 heterocycles. The van der Waals surface area contributed by atoms with Gasteiger partial charge in [0.15, 0.2) is 6.29 Å². The normalized spacial score (nSPS) is 15.9. The summed E-state index contributed by atoms with van der Waals surface area (Å²) in [6.07, 6.45) is 3.14. The van der Waals surface area contributed by atoms with Crippen molar-refractivity contribution in [3.8, 4) is 0 Å². The molecule has 0 bridgehead atoms. The van der Waals surface area contributed by atoms with Crippen LogP contribution in [0.15, 0.2) is 0 Å². The molecule has 0 aromatic rings. The molecule has 86 valence electrons. The van der Waals surface area contributed by atoms with Crippen molar-refractivity contribution in [2.45, 2.75) is 38.6 Å². The van der Waals surface area contributed by atoms with E-state index in [0.717, 1.165) is 0 Å². The SMILES string of the molecule is COC(OC)C(C)NC(C)CCSC. The van der Waals surface area contributed by atoms with Crippen LogP contribution in [-0.2, 0) is 9.47 Å². The lowest BCUT2D eigenvalue weighted by Crippen LogP contribution is -2.44. The van der Waals surface area contributed by atoms with Gasteiger partial charge in [0, 0.05) is 20.3 Å². The second-order valence-corrected chi connectivity index (χ2v) is 4.46. The summed E-state index contributed by atoms with van der Waals surface area (Å²) in [6.45, 7) is 4.27. The highest BCUT2D eigenvalue weighted by atomic mass is 32.2. The van der Waals surface area contributed by atoms with Crippen LogP contribution in [0.25, 0.3) is 0 Å². The maximum absolute atomic E-state index is 5.18. The van der Waals surface area contributed by atoms with Crippen molar-refractivity contribution in [1.29, 1.82) is 0 Å². The lowest BCUT2D eigenvalue weighted by atomic mass is 10.2. The molecule has 0 saturated heterocycles. The van der Waals surface area contributed by atoms with E-state index >= 15 is 0 Å². The third-order valence-electron chi connectivity index (χ3n) is 2.18. The molecule has 0 fully saturated rings. The summed E-state index contributed by atoms with van der Waals surface area (Å²) in [5, 5.41) is 3.45. The third kappa shape index (κ3) is 5.86. The van der Waals surface area contributed by atoms with Crippen LogP contribution < -0.4 is 5.32 Å². The van der Waals surface area contributed by atoms with E-state index in [2.05, 4.69) is 25.4 Å². The number of nitrogens with one attached hydrogen (secondary N) is 1. The van der Waals surface area contributed by atoms with Gasteiger partial charge in [-0.1, -0.05) is 0 Å². The Morgan fingerprint density at radius 3 is 2.21 bits per heavy atom. The Morgan fingerprint density at radius 2 is 1.79 bits per heavy atom. The fraction of sp³-hybridized carbons (Fsp3) is 1.00. The average Bonchev–Trinajstić information content (AvgIpc) is 2.16. The second kappa shape index (κ2) is 8.53. The minimum atomic E-state index is -0.160. The van der Waals surface area contributed by atoms with Gasteiger partial charge in [0.05, 0.1) is 6.04 Å². The van der Waals surface area contributed by atoms with E-state index in [1.165, 1.54) is 12.2 Å². The summed E-state index contributed by atoms with van der Waals surface area (Å²) in [7, 11) is 3.33. The Hall–Kier alpha value is 0.230. The zero-order valence-electron chi connectivity index (χ0n) is 9.87. The van der Waals surface area contributed by atoms with Crippen LogP contribution in [-0.4, -0.2) is 44.6 Å². The number of hydrogen-bond acceptors (Lipinski definition) is 4. The number of hydrogen-bond donors (Lipinski definition) is 1. The molecule has 0 spiro atoms. The van der Waals surface area contributed by atoms with E-state index in [0.29, 0.717) is 6.04 Å². The Balaban J connectivity index is 3.73. The van der Waals surface area contributed by atoms with Crippen LogP contribution in [0, 0.1) is 0 Å². The van der Waals surface area contributed by atoms with Crippen LogP contribution in [0.4, 0.5) is 0 Å². The molecule has 14 heavy (non-hydrogen) atoms. The van der Waals surface area contributed by atoms with Crippen LogP contribution >= 0.6 is 11.8 Å². The summed E-state index contributed by atoms with van der Waals surface area (Å²) >= 11 is 1.87. The number of ether oxygens (including phenoxy) is 2. The van der Waals surface area contributed by atoms with E-state index in [1.807, 2.05) is 11.8 Å². The summed E-state index contributed by atoms with van der Waals surface area (Å²) in [5.74, 6) is 1.19. The molecule has 2 unspecified atom stereocenters. The summed E-state index contributed by atoms with van der Waals surface area (Å²) < 4.78 is 10.4. The molecular weight excluding hydrogens is 198 g/mol. The van der Waals surface area contributed by atoms with Crippen molar-refractivity contribution in [3.05, 3.63) is 0 Å². The van der Waals surface area contributed by atoms with E-state index in [1.54, 1.807) is 14.2 Å². The fourth-order valence-electron chi connectivity index (χ4n) is 1.41. The Morgan fingerprint density at radius 1 is 1.21 bits per heavy atom. The van der Waals surface area contributed by atoms with Crippen LogP contribution in [0.1, 0.15) is 20.3 Å². The van der Waals surface area contributed by atoms with E-state index in [4.69, 9.17) is 9.47 Å². The number of methoxy groups -OCH3 is 2. The molecular formula is C10H23NO2S. The van der Waals surface area contributed by atoms with Gasteiger partial charge in [-0.05, 0) is 32.3 Å². The summed E-state index contributed by atoms with van der Waals surface area (Å²) in [6, 6.07) is 0.729. The minimum absolute atomic E-state index is 0.160. The van der Waals surface area contributed by atoms with Crippen molar-refractivity contribution in [2.75, 3.05) is 26.2 Å². The average molecular weight is 221 g/mol. The first kappa shape index (κ1) is 14.2. The maximum atomic E-state index is 5.18. The lowest BCUT2D eigenvalue weighted by Gasteiger charge is -2.25. The summed E-state index contributed by atoms with van der Waals surface area (Å²) in [5.41, 5.74) is 0. The smallest absolute Gasteiger partial charge is 0.171 e. The first-order chi connectivity index (χ1) is 6.65. The van der Waals surface area contributed by atoms with E-state index in [9.17, 15) is 0 Å². The molecule has 1 N–H and O–H groups in total. The van der Waals surface area contributed by atoms with Gasteiger partial charge < -0.3 is 14.8 Å². The topological polar surface area (TPSA) is 30.5 Å². The monoisotopic (exact) mass is 221 g/mol. The van der Waals surface area contributed by atoms with Crippen LogP contribution in [0.3, 0.4) is 0 Å². The number of thioether (sulfide) groups is 1. The zero-order chi connectivity index (χ0) is 11.0. The molecule has 0 saturated carbocycles. The van der Waals surface area contributed by atoms with Crippen molar-refractivity contribution in [2.24, 2.45) is 0 Å². The highest BCUT2D eigenvalue weighted by Gasteiger charge is 2.17. The van der Waals surface area contributed by atoms with Gasteiger partial charge in [-0.2, -0.15) is 11.8 Å². The molecule has 2 atom stereocenters. The van der Waals surface area contributed by atoms with Gasteiger partial charge in [-0.15, -0.1) is 0 Å². The Bertz CT molecular complexity index is 131. The van der Waals surface area contributed by atoms with Crippen molar-refractivity contribution in [3.63, 3.8) is 0 Å². The molecule has 0 amide bonds. The molecule has 0 radical (unpaired) electrons. The largest absolute Gasteiger partial charge is 0.354 e. The maximum Gasteiger partial charge on any atom is 0.171 e. The van der Waals surface area contributed by atoms with E-state index < -0.39 is 0 Å². The summed E-state index contributed by atoms with van der Waals surface area (Å²) in [4.78, 5) is 0. The van der Waals surface area contributed by atoms with Crippen molar-refractivity contribution in [1.82, 2.24) is 5.32 Å². The van der Waals surface area contributed by atoms with Gasteiger partial charge in [-0.3, -0.25) is 0 Å². The molecule has 0 rings (SSSR count).